The van der Waals surface area contributed by atoms with E-state index in [1.807, 2.05) is 0 Å². The summed E-state index contributed by atoms with van der Waals surface area (Å²) < 4.78 is 20.8. The van der Waals surface area contributed by atoms with Crippen molar-refractivity contribution in [2.75, 3.05) is 12.3 Å². The summed E-state index contributed by atoms with van der Waals surface area (Å²) in [6, 6.07) is 0. The van der Waals surface area contributed by atoms with E-state index in [9.17, 15) is 9.50 Å². The van der Waals surface area contributed by atoms with Crippen LogP contribution in [0.3, 0.4) is 0 Å². The van der Waals surface area contributed by atoms with Gasteiger partial charge in [0.2, 0.25) is 0 Å². The first kappa shape index (κ1) is 13.6. The average Bonchev–Trinajstić information content (AvgIpc) is 2.90. The number of aromatic nitrogens is 4. The molecule has 3 heterocycles. The fourth-order valence-electron chi connectivity index (χ4n) is 2.19. The quantitative estimate of drug-likeness (QED) is 0.641. The Morgan fingerprint density at radius 2 is 2.25 bits per heavy atom. The molecule has 1 aliphatic rings. The summed E-state index contributed by atoms with van der Waals surface area (Å²) in [6.45, 7) is -0.532. The molecule has 0 spiro atoms. The standard InChI is InChI=1S/C10H11BrFN5O3/c11-10-16-5-7(13)14-2-15-8(5)17(10)9-6(19)4(12)3(1-18)20-9/h2-4,6,9,18-19H,1H2,(H2,13,14,15)/t3-,4-,6-,9-/m1/s1. The van der Waals surface area contributed by atoms with E-state index in [0.717, 1.165) is 0 Å². The first-order chi connectivity index (χ1) is 9.54. The minimum absolute atomic E-state index is 0.164. The second-order valence-electron chi connectivity index (χ2n) is 4.36. The number of nitrogen functional groups attached to an aromatic ring is 1. The Bertz CT molecular complexity index is 653. The second-order valence-corrected chi connectivity index (χ2v) is 5.07. The molecular weight excluding hydrogens is 337 g/mol. The van der Waals surface area contributed by atoms with Gasteiger partial charge in [-0.3, -0.25) is 4.57 Å². The van der Waals surface area contributed by atoms with Crippen LogP contribution in [-0.2, 0) is 4.74 Å². The van der Waals surface area contributed by atoms with Gasteiger partial charge < -0.3 is 20.7 Å². The number of imidazole rings is 1. The third-order valence-corrected chi connectivity index (χ3v) is 3.74. The number of ether oxygens (including phenoxy) is 1. The number of fused-ring (bicyclic) bond motifs is 1. The Labute approximate surface area is 120 Å². The molecule has 3 rings (SSSR count). The summed E-state index contributed by atoms with van der Waals surface area (Å²) in [4.78, 5) is 11.9. The lowest BCUT2D eigenvalue weighted by molar-refractivity contribution is -0.0506. The van der Waals surface area contributed by atoms with Crippen LogP contribution in [-0.4, -0.2) is 54.7 Å². The van der Waals surface area contributed by atoms with Crippen LogP contribution in [0, 0.1) is 0 Å². The van der Waals surface area contributed by atoms with Crippen LogP contribution in [0.5, 0.6) is 0 Å². The van der Waals surface area contributed by atoms with Gasteiger partial charge in [0.05, 0.1) is 6.61 Å². The summed E-state index contributed by atoms with van der Waals surface area (Å²) in [5.74, 6) is 0.164. The fourth-order valence-corrected chi connectivity index (χ4v) is 2.74. The zero-order valence-electron chi connectivity index (χ0n) is 10.0. The maximum atomic E-state index is 13.8. The van der Waals surface area contributed by atoms with Crippen LogP contribution in [0.4, 0.5) is 10.2 Å². The molecule has 0 bridgehead atoms. The third-order valence-electron chi connectivity index (χ3n) is 3.18. The summed E-state index contributed by atoms with van der Waals surface area (Å²) in [5, 5.41) is 19.0. The molecule has 0 radical (unpaired) electrons. The Hall–Kier alpha value is -1.36. The van der Waals surface area contributed by atoms with E-state index >= 15 is 0 Å². The Balaban J connectivity index is 2.11. The number of hydrogen-bond donors (Lipinski definition) is 3. The monoisotopic (exact) mass is 347 g/mol. The lowest BCUT2D eigenvalue weighted by Gasteiger charge is -2.17. The van der Waals surface area contributed by atoms with E-state index in [0.29, 0.717) is 11.2 Å². The van der Waals surface area contributed by atoms with Gasteiger partial charge in [0.25, 0.3) is 0 Å². The van der Waals surface area contributed by atoms with Gasteiger partial charge in [-0.15, -0.1) is 0 Å². The van der Waals surface area contributed by atoms with Crippen LogP contribution in [0.15, 0.2) is 11.1 Å². The van der Waals surface area contributed by atoms with Gasteiger partial charge >= 0.3 is 0 Å². The normalized spacial score (nSPS) is 30.2. The van der Waals surface area contributed by atoms with Crippen molar-refractivity contribution < 1.29 is 19.3 Å². The molecule has 1 fully saturated rings. The number of aliphatic hydroxyl groups excluding tert-OH is 2. The highest BCUT2D eigenvalue weighted by atomic mass is 79.9. The van der Waals surface area contributed by atoms with E-state index in [-0.39, 0.29) is 10.6 Å². The van der Waals surface area contributed by atoms with Crippen molar-refractivity contribution in [1.29, 1.82) is 0 Å². The zero-order valence-corrected chi connectivity index (χ0v) is 11.6. The summed E-state index contributed by atoms with van der Waals surface area (Å²) >= 11 is 3.20. The predicted molar refractivity (Wildman–Crippen MR) is 69.3 cm³/mol. The smallest absolute Gasteiger partial charge is 0.181 e. The highest BCUT2D eigenvalue weighted by molar-refractivity contribution is 9.10. The molecule has 10 heteroatoms. The van der Waals surface area contributed by atoms with Crippen LogP contribution >= 0.6 is 15.9 Å². The van der Waals surface area contributed by atoms with E-state index in [4.69, 9.17) is 15.6 Å². The number of rotatable bonds is 2. The van der Waals surface area contributed by atoms with E-state index in [2.05, 4.69) is 30.9 Å². The van der Waals surface area contributed by atoms with Gasteiger partial charge in [-0.25, -0.2) is 19.3 Å². The van der Waals surface area contributed by atoms with Crippen molar-refractivity contribution in [3.05, 3.63) is 11.1 Å². The highest BCUT2D eigenvalue weighted by Gasteiger charge is 2.46. The lowest BCUT2D eigenvalue weighted by Crippen LogP contribution is -2.29. The first-order valence-corrected chi connectivity index (χ1v) is 6.56. The molecule has 0 amide bonds. The maximum Gasteiger partial charge on any atom is 0.181 e. The minimum Gasteiger partial charge on any atom is -0.394 e. The van der Waals surface area contributed by atoms with Gasteiger partial charge in [-0.1, -0.05) is 0 Å². The molecule has 2 aromatic rings. The van der Waals surface area contributed by atoms with Gasteiger partial charge in [0, 0.05) is 0 Å². The Morgan fingerprint density at radius 3 is 2.90 bits per heavy atom. The average molecular weight is 348 g/mol. The highest BCUT2D eigenvalue weighted by Crippen LogP contribution is 2.36. The first-order valence-electron chi connectivity index (χ1n) is 5.77. The zero-order chi connectivity index (χ0) is 14.4. The molecule has 0 aliphatic carbocycles. The minimum atomic E-state index is -1.70. The summed E-state index contributed by atoms with van der Waals surface area (Å²) in [5.41, 5.74) is 6.31. The Kier molecular flexibility index (Phi) is 3.32. The largest absolute Gasteiger partial charge is 0.394 e. The molecule has 0 saturated carbocycles. The molecule has 2 aromatic heterocycles. The SMILES string of the molecule is Nc1ncnc2c1nc(Br)n2[C@@H]1O[C@H](CO)[C@@H](F)[C@H]1O. The van der Waals surface area contributed by atoms with Crippen molar-refractivity contribution in [2.24, 2.45) is 0 Å². The summed E-state index contributed by atoms with van der Waals surface area (Å²) in [7, 11) is 0. The summed E-state index contributed by atoms with van der Waals surface area (Å²) in [6.07, 6.45) is -4.07. The van der Waals surface area contributed by atoms with Crippen molar-refractivity contribution in [2.45, 2.75) is 24.6 Å². The maximum absolute atomic E-state index is 13.8. The number of aliphatic hydroxyl groups is 2. The van der Waals surface area contributed by atoms with E-state index < -0.39 is 31.2 Å². The lowest BCUT2D eigenvalue weighted by atomic mass is 10.1. The van der Waals surface area contributed by atoms with Crippen LogP contribution < -0.4 is 5.73 Å². The molecule has 1 saturated heterocycles. The van der Waals surface area contributed by atoms with Crippen molar-refractivity contribution in [1.82, 2.24) is 19.5 Å². The number of anilines is 1. The van der Waals surface area contributed by atoms with Crippen LogP contribution in [0.25, 0.3) is 11.2 Å². The molecule has 20 heavy (non-hydrogen) atoms. The molecule has 8 nitrogen and oxygen atoms in total. The van der Waals surface area contributed by atoms with Gasteiger partial charge in [-0.2, -0.15) is 0 Å². The van der Waals surface area contributed by atoms with E-state index in [1.165, 1.54) is 10.9 Å². The second kappa shape index (κ2) is 4.88. The topological polar surface area (TPSA) is 119 Å². The number of halogens is 2. The molecule has 4 N–H and O–H groups in total. The molecule has 1 aliphatic heterocycles. The molecule has 108 valence electrons. The van der Waals surface area contributed by atoms with Crippen molar-refractivity contribution in [3.8, 4) is 0 Å². The molecule has 4 atom stereocenters. The fraction of sp³-hybridized carbons (Fsp3) is 0.500. The van der Waals surface area contributed by atoms with E-state index in [1.54, 1.807) is 0 Å². The predicted octanol–water partition coefficient (Wildman–Crippen LogP) is -0.240. The number of nitrogens with two attached hydrogens (primary N) is 1. The molecule has 0 unspecified atom stereocenters. The van der Waals surface area contributed by atoms with Crippen LogP contribution in [0.1, 0.15) is 6.23 Å². The molecule has 0 aromatic carbocycles. The number of nitrogens with zero attached hydrogens (tertiary/aromatic N) is 4. The third kappa shape index (κ3) is 1.87. The van der Waals surface area contributed by atoms with Gasteiger partial charge in [0.15, 0.2) is 34.1 Å². The Morgan fingerprint density at radius 1 is 1.50 bits per heavy atom. The van der Waals surface area contributed by atoms with Gasteiger partial charge in [-0.05, 0) is 15.9 Å². The molecular formula is C10H11BrFN5O3. The van der Waals surface area contributed by atoms with Gasteiger partial charge in [0.1, 0.15) is 18.5 Å². The van der Waals surface area contributed by atoms with Crippen molar-refractivity contribution >= 4 is 32.9 Å². The van der Waals surface area contributed by atoms with Crippen LogP contribution in [0.2, 0.25) is 0 Å². The number of hydrogen-bond acceptors (Lipinski definition) is 7. The van der Waals surface area contributed by atoms with Crippen molar-refractivity contribution in [3.63, 3.8) is 0 Å². The number of alkyl halides is 1.